The highest BCUT2D eigenvalue weighted by atomic mass is 19.4. The Morgan fingerprint density at radius 3 is 2.67 bits per heavy atom. The fourth-order valence-electron chi connectivity index (χ4n) is 3.86. The Morgan fingerprint density at radius 2 is 2.00 bits per heavy atom. The number of imidazole rings is 1. The van der Waals surface area contributed by atoms with Crippen LogP contribution in [0, 0.1) is 13.8 Å². The summed E-state index contributed by atoms with van der Waals surface area (Å²) in [4.78, 5) is 9.10. The first kappa shape index (κ1) is 20.6. The second-order valence-corrected chi connectivity index (χ2v) is 7.39. The molecule has 0 saturated carbocycles. The van der Waals surface area contributed by atoms with Crippen LogP contribution in [0.4, 0.5) is 13.2 Å². The van der Waals surface area contributed by atoms with E-state index >= 15 is 0 Å². The topological polar surface area (TPSA) is 59.7 Å². The first-order valence-corrected chi connectivity index (χ1v) is 9.70. The van der Waals surface area contributed by atoms with E-state index in [0.29, 0.717) is 54.3 Å². The average Bonchev–Trinajstić information content (AvgIpc) is 3.04. The number of aliphatic hydroxyl groups is 1. The number of aliphatic hydroxyl groups excluding tert-OH is 1. The number of rotatable bonds is 4. The third-order valence-electron chi connectivity index (χ3n) is 5.53. The summed E-state index contributed by atoms with van der Waals surface area (Å²) in [7, 11) is 0. The van der Waals surface area contributed by atoms with Crippen molar-refractivity contribution >= 4 is 11.2 Å². The van der Waals surface area contributed by atoms with Gasteiger partial charge in [-0.05, 0) is 43.0 Å². The largest absolute Gasteiger partial charge is 0.416 e. The number of nitrogens with zero attached hydrogens (tertiary/aromatic N) is 3. The predicted molar refractivity (Wildman–Crippen MR) is 106 cm³/mol. The van der Waals surface area contributed by atoms with Gasteiger partial charge >= 0.3 is 6.18 Å². The van der Waals surface area contributed by atoms with Gasteiger partial charge in [0.05, 0.1) is 36.8 Å². The van der Waals surface area contributed by atoms with Crippen LogP contribution in [0.3, 0.4) is 0 Å². The Labute approximate surface area is 171 Å². The van der Waals surface area contributed by atoms with Gasteiger partial charge in [0, 0.05) is 18.3 Å². The van der Waals surface area contributed by atoms with Crippen LogP contribution in [0.25, 0.3) is 11.2 Å². The van der Waals surface area contributed by atoms with Gasteiger partial charge in [-0.2, -0.15) is 13.2 Å². The maximum absolute atomic E-state index is 13.3. The Morgan fingerprint density at radius 1 is 1.20 bits per heavy atom. The molecule has 8 heteroatoms. The number of hydrogen-bond donors (Lipinski definition) is 1. The van der Waals surface area contributed by atoms with Crippen molar-refractivity contribution in [3.8, 4) is 0 Å². The quantitative estimate of drug-likeness (QED) is 0.690. The molecule has 0 fully saturated rings. The van der Waals surface area contributed by atoms with E-state index in [1.807, 2.05) is 23.6 Å². The summed E-state index contributed by atoms with van der Waals surface area (Å²) in [6.45, 7) is 4.14. The summed E-state index contributed by atoms with van der Waals surface area (Å²) in [6.07, 6.45) is 0.410. The van der Waals surface area contributed by atoms with Gasteiger partial charge < -0.3 is 9.84 Å². The lowest BCUT2D eigenvalue weighted by Gasteiger charge is -2.16. The molecule has 0 amide bonds. The van der Waals surface area contributed by atoms with Gasteiger partial charge in [-0.3, -0.25) is 4.40 Å². The summed E-state index contributed by atoms with van der Waals surface area (Å²) in [5, 5.41) is 9.83. The van der Waals surface area contributed by atoms with Gasteiger partial charge in [-0.1, -0.05) is 18.2 Å². The Bertz CT molecular complexity index is 1130. The van der Waals surface area contributed by atoms with Crippen molar-refractivity contribution in [3.63, 3.8) is 0 Å². The van der Waals surface area contributed by atoms with Gasteiger partial charge in [-0.25, -0.2) is 9.97 Å². The fraction of sp³-hybridized carbons (Fsp3) is 0.364. The molecule has 1 N–H and O–H groups in total. The molecule has 5 nitrogen and oxygen atoms in total. The van der Waals surface area contributed by atoms with E-state index in [2.05, 4.69) is 9.97 Å². The smallest absolute Gasteiger partial charge is 0.390 e. The van der Waals surface area contributed by atoms with Crippen molar-refractivity contribution in [3.05, 3.63) is 69.9 Å². The SMILES string of the molecule is Cc1nc2c(CO)nc(C3=CCOCC3)cn2c1Cc1cccc(C(F)(F)F)c1C. The van der Waals surface area contributed by atoms with Gasteiger partial charge in [0.1, 0.15) is 5.69 Å². The van der Waals surface area contributed by atoms with Crippen molar-refractivity contribution in [2.24, 2.45) is 0 Å². The molecule has 1 aromatic carbocycles. The number of aryl methyl sites for hydroxylation is 1. The number of aromatic nitrogens is 3. The first-order valence-electron chi connectivity index (χ1n) is 9.70. The number of fused-ring (bicyclic) bond motifs is 1. The van der Waals surface area contributed by atoms with E-state index in [1.165, 1.54) is 13.0 Å². The summed E-state index contributed by atoms with van der Waals surface area (Å²) < 4.78 is 47.2. The number of hydrogen-bond acceptors (Lipinski definition) is 4. The van der Waals surface area contributed by atoms with Crippen molar-refractivity contribution < 1.29 is 23.0 Å². The lowest BCUT2D eigenvalue weighted by atomic mass is 9.98. The van der Waals surface area contributed by atoms with Gasteiger partial charge in [0.15, 0.2) is 5.65 Å². The molecule has 4 rings (SSSR count). The Hall–Kier alpha value is -2.71. The molecule has 30 heavy (non-hydrogen) atoms. The zero-order valence-electron chi connectivity index (χ0n) is 16.8. The standard InChI is InChI=1S/C22H22F3N3O2/c1-13-16(4-3-5-17(13)22(23,24)25)10-20-14(2)26-21-19(12-29)27-18(11-28(20)21)15-6-8-30-9-7-15/h3-6,11,29H,7-10,12H2,1-2H3. The minimum absolute atomic E-state index is 0.211. The molecule has 0 atom stereocenters. The molecule has 1 aliphatic rings. The minimum atomic E-state index is -4.40. The monoisotopic (exact) mass is 417 g/mol. The highest BCUT2D eigenvalue weighted by molar-refractivity contribution is 5.65. The third kappa shape index (κ3) is 3.73. The molecule has 3 aromatic rings. The molecule has 0 radical (unpaired) electrons. The van der Waals surface area contributed by atoms with Crippen molar-refractivity contribution in [1.29, 1.82) is 0 Å². The number of halogens is 3. The molecular weight excluding hydrogens is 395 g/mol. The van der Waals surface area contributed by atoms with E-state index in [0.717, 1.165) is 17.3 Å². The number of alkyl halides is 3. The van der Waals surface area contributed by atoms with E-state index in [-0.39, 0.29) is 12.2 Å². The Kier molecular flexibility index (Phi) is 5.38. The van der Waals surface area contributed by atoms with Crippen LogP contribution in [0.15, 0.2) is 30.5 Å². The van der Waals surface area contributed by atoms with Crippen molar-refractivity contribution in [2.75, 3.05) is 13.2 Å². The summed E-state index contributed by atoms with van der Waals surface area (Å²) in [6, 6.07) is 4.24. The zero-order chi connectivity index (χ0) is 21.5. The van der Waals surface area contributed by atoms with Crippen LogP contribution in [-0.2, 0) is 23.9 Å². The van der Waals surface area contributed by atoms with Crippen LogP contribution < -0.4 is 0 Å². The second-order valence-electron chi connectivity index (χ2n) is 7.39. The molecule has 0 spiro atoms. The van der Waals surface area contributed by atoms with Crippen LogP contribution in [-0.4, -0.2) is 32.7 Å². The summed E-state index contributed by atoms with van der Waals surface area (Å²) >= 11 is 0. The fourth-order valence-corrected chi connectivity index (χ4v) is 3.86. The predicted octanol–water partition coefficient (Wildman–Crippen LogP) is 4.25. The highest BCUT2D eigenvalue weighted by Crippen LogP contribution is 2.34. The van der Waals surface area contributed by atoms with E-state index in [9.17, 15) is 18.3 Å². The van der Waals surface area contributed by atoms with Crippen molar-refractivity contribution in [1.82, 2.24) is 14.4 Å². The van der Waals surface area contributed by atoms with Crippen LogP contribution in [0.2, 0.25) is 0 Å². The maximum Gasteiger partial charge on any atom is 0.416 e. The lowest BCUT2D eigenvalue weighted by Crippen LogP contribution is -2.10. The van der Waals surface area contributed by atoms with E-state index in [1.54, 1.807) is 6.07 Å². The molecule has 3 heterocycles. The first-order chi connectivity index (χ1) is 14.3. The van der Waals surface area contributed by atoms with Gasteiger partial charge in [-0.15, -0.1) is 0 Å². The molecule has 0 bridgehead atoms. The molecule has 2 aromatic heterocycles. The molecule has 1 aliphatic heterocycles. The summed E-state index contributed by atoms with van der Waals surface area (Å²) in [5.74, 6) is 0. The van der Waals surface area contributed by atoms with Gasteiger partial charge in [0.25, 0.3) is 0 Å². The number of benzene rings is 1. The molecular formula is C22H22F3N3O2. The van der Waals surface area contributed by atoms with Crippen LogP contribution in [0.1, 0.15) is 45.9 Å². The molecule has 0 aliphatic carbocycles. The van der Waals surface area contributed by atoms with Crippen LogP contribution >= 0.6 is 0 Å². The van der Waals surface area contributed by atoms with E-state index < -0.39 is 11.7 Å². The van der Waals surface area contributed by atoms with Crippen LogP contribution in [0.5, 0.6) is 0 Å². The molecule has 158 valence electrons. The molecule has 0 saturated heterocycles. The van der Waals surface area contributed by atoms with Gasteiger partial charge in [0.2, 0.25) is 0 Å². The molecule has 0 unspecified atom stereocenters. The summed E-state index contributed by atoms with van der Waals surface area (Å²) in [5.41, 5.74) is 4.34. The minimum Gasteiger partial charge on any atom is -0.390 e. The second kappa shape index (κ2) is 7.85. The van der Waals surface area contributed by atoms with E-state index in [4.69, 9.17) is 4.74 Å². The maximum atomic E-state index is 13.3. The van der Waals surface area contributed by atoms with Crippen molar-refractivity contribution in [2.45, 2.75) is 39.5 Å². The normalized spacial score (nSPS) is 14.9. The Balaban J connectivity index is 1.84. The highest BCUT2D eigenvalue weighted by Gasteiger charge is 2.33. The average molecular weight is 417 g/mol. The lowest BCUT2D eigenvalue weighted by molar-refractivity contribution is -0.138. The zero-order valence-corrected chi connectivity index (χ0v) is 16.8. The third-order valence-corrected chi connectivity index (χ3v) is 5.53. The number of ether oxygens (including phenoxy) is 1.